The van der Waals surface area contributed by atoms with Crippen LogP contribution in [0.2, 0.25) is 10.0 Å². The third-order valence-electron chi connectivity index (χ3n) is 6.27. The molecule has 11 heteroatoms. The van der Waals surface area contributed by atoms with Crippen LogP contribution in [0.15, 0.2) is 77.6 Å². The summed E-state index contributed by atoms with van der Waals surface area (Å²) in [6.45, 7) is 0.0733. The number of nitrogens with zero attached hydrogens (tertiary/aromatic N) is 3. The first-order valence-corrected chi connectivity index (χ1v) is 13.2. The van der Waals surface area contributed by atoms with E-state index in [1.165, 1.54) is 17.7 Å². The van der Waals surface area contributed by atoms with Gasteiger partial charge in [0.2, 0.25) is 5.91 Å². The second kappa shape index (κ2) is 13.5. The van der Waals surface area contributed by atoms with E-state index in [0.717, 1.165) is 4.68 Å². The molecule has 0 spiro atoms. The molecule has 40 heavy (non-hydrogen) atoms. The quantitative estimate of drug-likeness (QED) is 0.243. The lowest BCUT2D eigenvalue weighted by Crippen LogP contribution is -2.34. The molecule has 8 nitrogen and oxygen atoms in total. The van der Waals surface area contributed by atoms with Crippen molar-refractivity contribution in [2.24, 2.45) is 0 Å². The fraction of sp³-hybridized carbons (Fsp3) is 0.241. The van der Waals surface area contributed by atoms with Gasteiger partial charge in [-0.15, -0.1) is 5.10 Å². The molecule has 0 aliphatic rings. The van der Waals surface area contributed by atoms with Crippen molar-refractivity contribution in [2.45, 2.75) is 25.4 Å². The van der Waals surface area contributed by atoms with E-state index in [4.69, 9.17) is 27.9 Å². The number of amides is 1. The van der Waals surface area contributed by atoms with Gasteiger partial charge in [0.15, 0.2) is 11.6 Å². The van der Waals surface area contributed by atoms with E-state index in [2.05, 4.69) is 10.4 Å². The zero-order valence-electron chi connectivity index (χ0n) is 21.6. The maximum atomic E-state index is 14.5. The number of ether oxygens (including phenoxy) is 1. The minimum absolute atomic E-state index is 0.0954. The molecule has 4 rings (SSSR count). The largest absolute Gasteiger partial charge is 0.383 e. The molecule has 1 heterocycles. The zero-order chi connectivity index (χ0) is 28.6. The molecule has 0 aliphatic heterocycles. The molecule has 0 bridgehead atoms. The molecule has 0 saturated heterocycles. The van der Waals surface area contributed by atoms with Gasteiger partial charge in [-0.05, 0) is 42.0 Å². The third-order valence-corrected chi connectivity index (χ3v) is 6.87. The lowest BCUT2D eigenvalue weighted by atomic mass is 9.92. The number of aromatic nitrogens is 3. The molecule has 1 atom stereocenters. The molecule has 0 aliphatic carbocycles. The number of hydrogen-bond acceptors (Lipinski definition) is 5. The normalized spacial score (nSPS) is 11.8. The molecule has 0 fully saturated rings. The van der Waals surface area contributed by atoms with Crippen molar-refractivity contribution in [3.8, 4) is 11.4 Å². The van der Waals surface area contributed by atoms with E-state index in [0.29, 0.717) is 27.8 Å². The predicted octanol–water partition coefficient (Wildman–Crippen LogP) is 4.71. The average molecular weight is 585 g/mol. The van der Waals surface area contributed by atoms with Crippen molar-refractivity contribution in [2.75, 3.05) is 20.3 Å². The number of carbonyl (C=O) groups is 2. The van der Waals surface area contributed by atoms with E-state index in [-0.39, 0.29) is 30.9 Å². The molecule has 4 aromatic rings. The lowest BCUT2D eigenvalue weighted by Gasteiger charge is -2.18. The number of nitrogens with one attached hydrogen (secondary N) is 1. The van der Waals surface area contributed by atoms with E-state index in [1.54, 1.807) is 66.7 Å². The average Bonchev–Trinajstić information content (AvgIpc) is 3.24. The van der Waals surface area contributed by atoms with Crippen LogP contribution in [0.1, 0.15) is 23.5 Å². The summed E-state index contributed by atoms with van der Waals surface area (Å²) in [5.74, 6) is -1.91. The van der Waals surface area contributed by atoms with Crippen LogP contribution in [0.3, 0.4) is 0 Å². The van der Waals surface area contributed by atoms with Crippen molar-refractivity contribution in [1.29, 1.82) is 0 Å². The topological polar surface area (TPSA) is 95.2 Å². The molecule has 0 radical (unpaired) electrons. The summed E-state index contributed by atoms with van der Waals surface area (Å²) in [5, 5.41) is 8.01. The standard InChI is InChI=1S/C29H27Cl2FN4O4/c1-40-15-14-33-28(38)24(23-7-3-4-8-25(23)31)16-22(37)18-36-29(39)35(17-20-6-2-5-9-26(20)32)27(34-36)19-10-12-21(30)13-11-19/h2-13,24H,14-18H2,1H3,(H,33,38). The van der Waals surface area contributed by atoms with Gasteiger partial charge >= 0.3 is 5.69 Å². The van der Waals surface area contributed by atoms with E-state index >= 15 is 0 Å². The van der Waals surface area contributed by atoms with E-state index < -0.39 is 35.7 Å². The minimum atomic E-state index is -0.884. The summed E-state index contributed by atoms with van der Waals surface area (Å²) >= 11 is 12.4. The molecular weight excluding hydrogens is 558 g/mol. The number of benzene rings is 3. The summed E-state index contributed by atoms with van der Waals surface area (Å²) in [4.78, 5) is 39.7. The second-order valence-electron chi connectivity index (χ2n) is 9.05. The van der Waals surface area contributed by atoms with Crippen LogP contribution < -0.4 is 11.0 Å². The summed E-state index contributed by atoms with van der Waals surface area (Å²) in [6.07, 6.45) is -0.217. The van der Waals surface area contributed by atoms with Gasteiger partial charge < -0.3 is 10.1 Å². The van der Waals surface area contributed by atoms with Gasteiger partial charge in [-0.25, -0.2) is 13.9 Å². The minimum Gasteiger partial charge on any atom is -0.383 e. The van der Waals surface area contributed by atoms with Gasteiger partial charge in [-0.1, -0.05) is 59.6 Å². The number of carbonyl (C=O) groups excluding carboxylic acids is 2. The molecule has 208 valence electrons. The van der Waals surface area contributed by atoms with Crippen LogP contribution >= 0.6 is 23.2 Å². The molecule has 1 N–H and O–H groups in total. The first-order chi connectivity index (χ1) is 19.3. The van der Waals surface area contributed by atoms with Gasteiger partial charge in [-0.2, -0.15) is 0 Å². The van der Waals surface area contributed by atoms with Gasteiger partial charge in [0.25, 0.3) is 0 Å². The van der Waals surface area contributed by atoms with Crippen LogP contribution in [0, 0.1) is 5.82 Å². The van der Waals surface area contributed by atoms with E-state index in [9.17, 15) is 18.8 Å². The van der Waals surface area contributed by atoms with Crippen molar-refractivity contribution in [1.82, 2.24) is 19.7 Å². The van der Waals surface area contributed by atoms with Crippen molar-refractivity contribution in [3.63, 3.8) is 0 Å². The Hall–Kier alpha value is -3.79. The van der Waals surface area contributed by atoms with Gasteiger partial charge in [0.05, 0.1) is 19.1 Å². The maximum absolute atomic E-state index is 14.5. The number of hydrogen-bond donors (Lipinski definition) is 1. The predicted molar refractivity (Wildman–Crippen MR) is 151 cm³/mol. The van der Waals surface area contributed by atoms with Crippen LogP contribution in [0.4, 0.5) is 4.39 Å². The first-order valence-electron chi connectivity index (χ1n) is 12.5. The number of methoxy groups -OCH3 is 1. The lowest BCUT2D eigenvalue weighted by molar-refractivity contribution is -0.127. The molecule has 1 aromatic heterocycles. The van der Waals surface area contributed by atoms with Crippen molar-refractivity contribution < 1.29 is 18.7 Å². The molecule has 0 saturated carbocycles. The maximum Gasteiger partial charge on any atom is 0.346 e. The Labute approximate surface area is 240 Å². The monoisotopic (exact) mass is 584 g/mol. The fourth-order valence-corrected chi connectivity index (χ4v) is 4.65. The Morgan fingerprint density at radius 2 is 1.73 bits per heavy atom. The second-order valence-corrected chi connectivity index (χ2v) is 9.89. The number of ketones is 1. The Bertz CT molecular complexity index is 1550. The highest BCUT2D eigenvalue weighted by Crippen LogP contribution is 2.28. The Balaban J connectivity index is 1.64. The smallest absolute Gasteiger partial charge is 0.346 e. The highest BCUT2D eigenvalue weighted by atomic mass is 35.5. The molecular formula is C29H27Cl2FN4O4. The van der Waals surface area contributed by atoms with Crippen LogP contribution in [0.25, 0.3) is 11.4 Å². The highest BCUT2D eigenvalue weighted by Gasteiger charge is 2.27. The summed E-state index contributed by atoms with van der Waals surface area (Å²) < 4.78 is 21.8. The first kappa shape index (κ1) is 29.2. The summed E-state index contributed by atoms with van der Waals surface area (Å²) in [5.41, 5.74) is 0.750. The SMILES string of the molecule is COCCNC(=O)C(CC(=O)Cn1nc(-c2ccc(Cl)cc2)n(Cc2ccccc2F)c1=O)c1ccccc1Cl. The number of Topliss-reactive ketones (excluding diaryl/α,β-unsaturated/α-hetero) is 1. The van der Waals surface area contributed by atoms with Gasteiger partial charge in [0.1, 0.15) is 12.4 Å². The molecule has 1 unspecified atom stereocenters. The fourth-order valence-electron chi connectivity index (χ4n) is 4.26. The highest BCUT2D eigenvalue weighted by molar-refractivity contribution is 6.31. The van der Waals surface area contributed by atoms with Gasteiger partial charge in [-0.3, -0.25) is 14.2 Å². The van der Waals surface area contributed by atoms with Crippen LogP contribution in [0.5, 0.6) is 0 Å². The van der Waals surface area contributed by atoms with Gasteiger partial charge in [0, 0.05) is 41.2 Å². The zero-order valence-corrected chi connectivity index (χ0v) is 23.2. The Morgan fingerprint density at radius 1 is 1.02 bits per heavy atom. The van der Waals surface area contributed by atoms with Crippen LogP contribution in [-0.4, -0.2) is 46.3 Å². The molecule has 1 amide bonds. The number of rotatable bonds is 12. The van der Waals surface area contributed by atoms with E-state index in [1.807, 2.05) is 0 Å². The Kier molecular flexibility index (Phi) is 9.87. The summed E-state index contributed by atoms with van der Waals surface area (Å²) in [7, 11) is 1.52. The van der Waals surface area contributed by atoms with Crippen LogP contribution in [-0.2, 0) is 27.4 Å². The van der Waals surface area contributed by atoms with Crippen molar-refractivity contribution >= 4 is 34.9 Å². The molecule has 3 aromatic carbocycles. The Morgan fingerprint density at radius 3 is 2.42 bits per heavy atom. The third kappa shape index (κ3) is 7.04. The van der Waals surface area contributed by atoms with Crippen molar-refractivity contribution in [3.05, 3.63) is 110 Å². The number of halogens is 3. The summed E-state index contributed by atoms with van der Waals surface area (Å²) in [6, 6.07) is 19.6.